The zero-order valence-corrected chi connectivity index (χ0v) is 15.3. The van der Waals surface area contributed by atoms with E-state index in [0.717, 1.165) is 33.9 Å². The Labute approximate surface area is 161 Å². The van der Waals surface area contributed by atoms with Gasteiger partial charge in [0.1, 0.15) is 17.3 Å². The standard InChI is InChI=1S/C21H19N5O2/c1-28-15-6-4-5-13(9-15)18-10-19(25-24-18)21(27)26-11-14(12-26)20-22-16-7-2-3-8-17(16)23-20/h2-10,14H,11-12H2,1H3,(H,22,23)(H,24,25). The lowest BCUT2D eigenvalue weighted by atomic mass is 9.99. The Balaban J connectivity index is 1.28. The van der Waals surface area contributed by atoms with E-state index in [1.807, 2.05) is 48.5 Å². The Morgan fingerprint density at radius 1 is 1.14 bits per heavy atom. The number of carbonyl (C=O) groups excluding carboxylic acids is 1. The first-order chi connectivity index (χ1) is 13.7. The van der Waals surface area contributed by atoms with Crippen molar-refractivity contribution in [2.24, 2.45) is 0 Å². The minimum atomic E-state index is -0.0472. The van der Waals surface area contributed by atoms with E-state index in [4.69, 9.17) is 4.74 Å². The summed E-state index contributed by atoms with van der Waals surface area (Å²) in [4.78, 5) is 22.5. The molecule has 2 aromatic heterocycles. The lowest BCUT2D eigenvalue weighted by molar-refractivity contribution is 0.0589. The van der Waals surface area contributed by atoms with Crippen LogP contribution in [0.4, 0.5) is 0 Å². The molecule has 1 aliphatic heterocycles. The van der Waals surface area contributed by atoms with E-state index >= 15 is 0 Å². The van der Waals surface area contributed by atoms with Crippen molar-refractivity contribution >= 4 is 16.9 Å². The second-order valence-corrected chi connectivity index (χ2v) is 6.95. The Morgan fingerprint density at radius 2 is 2.00 bits per heavy atom. The van der Waals surface area contributed by atoms with Gasteiger partial charge in [-0.05, 0) is 30.3 Å². The van der Waals surface area contributed by atoms with Gasteiger partial charge >= 0.3 is 0 Å². The molecular weight excluding hydrogens is 354 g/mol. The summed E-state index contributed by atoms with van der Waals surface area (Å²) in [5.74, 6) is 1.88. The Morgan fingerprint density at radius 3 is 2.82 bits per heavy atom. The van der Waals surface area contributed by atoms with Crippen molar-refractivity contribution in [1.29, 1.82) is 0 Å². The first-order valence-corrected chi connectivity index (χ1v) is 9.15. The molecule has 0 atom stereocenters. The number of aromatic amines is 2. The highest BCUT2D eigenvalue weighted by molar-refractivity contribution is 5.94. The van der Waals surface area contributed by atoms with Crippen LogP contribution in [0.2, 0.25) is 0 Å². The number of aromatic nitrogens is 4. The van der Waals surface area contributed by atoms with Gasteiger partial charge < -0.3 is 14.6 Å². The number of benzene rings is 2. The van der Waals surface area contributed by atoms with Crippen molar-refractivity contribution < 1.29 is 9.53 Å². The third kappa shape index (κ3) is 2.81. The highest BCUT2D eigenvalue weighted by Crippen LogP contribution is 2.29. The van der Waals surface area contributed by atoms with Crippen LogP contribution in [0, 0.1) is 0 Å². The fourth-order valence-corrected chi connectivity index (χ4v) is 3.52. The molecule has 140 valence electrons. The van der Waals surface area contributed by atoms with Gasteiger partial charge in [0.2, 0.25) is 0 Å². The zero-order chi connectivity index (χ0) is 19.1. The molecule has 0 aliphatic carbocycles. The minimum absolute atomic E-state index is 0.0472. The van der Waals surface area contributed by atoms with E-state index in [-0.39, 0.29) is 11.8 Å². The molecule has 2 N–H and O–H groups in total. The molecule has 7 nitrogen and oxygen atoms in total. The van der Waals surface area contributed by atoms with Gasteiger partial charge in [-0.1, -0.05) is 24.3 Å². The van der Waals surface area contributed by atoms with Crippen molar-refractivity contribution in [3.05, 3.63) is 66.1 Å². The maximum absolute atomic E-state index is 12.7. The molecule has 0 radical (unpaired) electrons. The van der Waals surface area contributed by atoms with Gasteiger partial charge in [0.25, 0.3) is 5.91 Å². The molecule has 1 saturated heterocycles. The zero-order valence-electron chi connectivity index (χ0n) is 15.3. The van der Waals surface area contributed by atoms with Crippen LogP contribution in [-0.4, -0.2) is 51.2 Å². The van der Waals surface area contributed by atoms with Gasteiger partial charge in [-0.3, -0.25) is 9.89 Å². The summed E-state index contributed by atoms with van der Waals surface area (Å²) in [6, 6.07) is 17.4. The second-order valence-electron chi connectivity index (χ2n) is 6.95. The van der Waals surface area contributed by atoms with E-state index in [2.05, 4.69) is 20.2 Å². The van der Waals surface area contributed by atoms with Gasteiger partial charge in [0, 0.05) is 18.7 Å². The monoisotopic (exact) mass is 373 g/mol. The number of amides is 1. The first-order valence-electron chi connectivity index (χ1n) is 9.15. The summed E-state index contributed by atoms with van der Waals surface area (Å²) >= 11 is 0. The van der Waals surface area contributed by atoms with Gasteiger partial charge in [-0.2, -0.15) is 5.10 Å². The van der Waals surface area contributed by atoms with Crippen molar-refractivity contribution in [1.82, 2.24) is 25.1 Å². The summed E-state index contributed by atoms with van der Waals surface area (Å²) in [5.41, 5.74) is 4.09. The lowest BCUT2D eigenvalue weighted by Crippen LogP contribution is -2.48. The number of fused-ring (bicyclic) bond motifs is 1. The molecule has 28 heavy (non-hydrogen) atoms. The summed E-state index contributed by atoms with van der Waals surface area (Å²) in [6.07, 6.45) is 0. The van der Waals surface area contributed by atoms with Crippen LogP contribution in [0.5, 0.6) is 5.75 Å². The topological polar surface area (TPSA) is 86.9 Å². The quantitative estimate of drug-likeness (QED) is 0.575. The van der Waals surface area contributed by atoms with Crippen molar-refractivity contribution in [3.63, 3.8) is 0 Å². The number of ether oxygens (including phenoxy) is 1. The first kappa shape index (κ1) is 16.6. The number of likely N-dealkylation sites (tertiary alicyclic amines) is 1. The summed E-state index contributed by atoms with van der Waals surface area (Å²) < 4.78 is 5.25. The van der Waals surface area contributed by atoms with Crippen LogP contribution in [0.1, 0.15) is 22.2 Å². The SMILES string of the molecule is COc1cccc(-c2cc(C(=O)N3CC(c4nc5ccccc5[nH]4)C3)[nH]n2)c1. The molecule has 0 saturated carbocycles. The third-order valence-electron chi connectivity index (χ3n) is 5.14. The van der Waals surface area contributed by atoms with Crippen molar-refractivity contribution in [2.45, 2.75) is 5.92 Å². The number of para-hydroxylation sites is 2. The number of hydrogen-bond acceptors (Lipinski definition) is 4. The fraction of sp³-hybridized carbons (Fsp3) is 0.190. The Kier molecular flexibility index (Phi) is 3.86. The molecule has 7 heteroatoms. The smallest absolute Gasteiger partial charge is 0.271 e. The van der Waals surface area contributed by atoms with E-state index in [9.17, 15) is 4.79 Å². The van der Waals surface area contributed by atoms with Crippen LogP contribution in [0.15, 0.2) is 54.6 Å². The molecule has 0 bridgehead atoms. The molecular formula is C21H19N5O2. The Hall–Kier alpha value is -3.61. The molecule has 2 aromatic carbocycles. The number of nitrogens with zero attached hydrogens (tertiary/aromatic N) is 3. The predicted octanol–water partition coefficient (Wildman–Crippen LogP) is 3.20. The van der Waals surface area contributed by atoms with Crippen LogP contribution in [0.25, 0.3) is 22.3 Å². The van der Waals surface area contributed by atoms with Crippen LogP contribution >= 0.6 is 0 Å². The largest absolute Gasteiger partial charge is 0.497 e. The number of carbonyl (C=O) groups is 1. The van der Waals surface area contributed by atoms with Crippen LogP contribution in [0.3, 0.4) is 0 Å². The summed E-state index contributed by atoms with van der Waals surface area (Å²) in [7, 11) is 1.63. The van der Waals surface area contributed by atoms with Crippen molar-refractivity contribution in [3.8, 4) is 17.0 Å². The highest BCUT2D eigenvalue weighted by Gasteiger charge is 2.35. The van der Waals surface area contributed by atoms with Gasteiger partial charge in [0.05, 0.1) is 29.8 Å². The number of H-pyrrole nitrogens is 2. The molecule has 5 rings (SSSR count). The second kappa shape index (κ2) is 6.53. The molecule has 4 aromatic rings. The van der Waals surface area contributed by atoms with E-state index < -0.39 is 0 Å². The van der Waals surface area contributed by atoms with Crippen molar-refractivity contribution in [2.75, 3.05) is 20.2 Å². The third-order valence-corrected chi connectivity index (χ3v) is 5.14. The molecule has 0 spiro atoms. The van der Waals surface area contributed by atoms with E-state index in [1.54, 1.807) is 18.1 Å². The molecule has 0 unspecified atom stereocenters. The fourth-order valence-electron chi connectivity index (χ4n) is 3.52. The van der Waals surface area contributed by atoms with Crippen LogP contribution in [-0.2, 0) is 0 Å². The summed E-state index contributed by atoms with van der Waals surface area (Å²) in [6.45, 7) is 1.29. The maximum atomic E-state index is 12.7. The average Bonchev–Trinajstić information content (AvgIpc) is 3.34. The molecule has 1 fully saturated rings. The number of rotatable bonds is 4. The normalized spacial score (nSPS) is 14.2. The Bertz CT molecular complexity index is 1120. The minimum Gasteiger partial charge on any atom is -0.497 e. The lowest BCUT2D eigenvalue weighted by Gasteiger charge is -2.37. The highest BCUT2D eigenvalue weighted by atomic mass is 16.5. The predicted molar refractivity (Wildman–Crippen MR) is 105 cm³/mol. The van der Waals surface area contributed by atoms with Gasteiger partial charge in [0.15, 0.2) is 0 Å². The number of methoxy groups -OCH3 is 1. The molecule has 1 amide bonds. The number of imidazole rings is 1. The van der Waals surface area contributed by atoms with E-state index in [0.29, 0.717) is 18.8 Å². The average molecular weight is 373 g/mol. The maximum Gasteiger partial charge on any atom is 0.271 e. The number of hydrogen-bond donors (Lipinski definition) is 2. The number of nitrogens with one attached hydrogen (secondary N) is 2. The molecule has 1 aliphatic rings. The molecule has 3 heterocycles. The van der Waals surface area contributed by atoms with Crippen LogP contribution < -0.4 is 4.74 Å². The van der Waals surface area contributed by atoms with Gasteiger partial charge in [-0.15, -0.1) is 0 Å². The van der Waals surface area contributed by atoms with Gasteiger partial charge in [-0.25, -0.2) is 4.98 Å². The summed E-state index contributed by atoms with van der Waals surface area (Å²) in [5, 5.41) is 7.14. The van der Waals surface area contributed by atoms with E-state index in [1.165, 1.54) is 0 Å².